The monoisotopic (exact) mass is 430 g/mol. The molecule has 0 atom stereocenters. The largest absolute Gasteiger partial charge is 0.478 e. The summed E-state index contributed by atoms with van der Waals surface area (Å²) in [6.07, 6.45) is 0. The van der Waals surface area contributed by atoms with Crippen molar-refractivity contribution in [1.82, 2.24) is 0 Å². The molecule has 0 bridgehead atoms. The molecule has 0 spiro atoms. The number of aromatic carboxylic acids is 2. The lowest BCUT2D eigenvalue weighted by molar-refractivity contribution is 0.0696. The predicted octanol–water partition coefficient (Wildman–Crippen LogP) is 4.72. The topological polar surface area (TPSA) is 126 Å². The third kappa shape index (κ3) is 3.47. The summed E-state index contributed by atoms with van der Waals surface area (Å²) in [5.74, 6) is -1.87. The second-order valence-electron chi connectivity index (χ2n) is 7.66. The Hall–Kier alpha value is -4.13. The van der Waals surface area contributed by atoms with Gasteiger partial charge in [0.1, 0.15) is 11.3 Å². The maximum absolute atomic E-state index is 12.1. The fourth-order valence-corrected chi connectivity index (χ4v) is 3.91. The van der Waals surface area contributed by atoms with E-state index in [1.165, 1.54) is 18.2 Å². The highest BCUT2D eigenvalue weighted by atomic mass is 16.4. The number of aryl methyl sites for hydroxylation is 2. The first-order valence-electron chi connectivity index (χ1n) is 10.1. The number of nitrogens with zero attached hydrogens (tertiary/aromatic N) is 1. The number of nitrogen functional groups attached to an aromatic ring is 1. The van der Waals surface area contributed by atoms with Crippen molar-refractivity contribution in [2.75, 3.05) is 12.3 Å². The molecule has 1 aliphatic carbocycles. The first-order valence-corrected chi connectivity index (χ1v) is 10.1. The standard InChI is InChI=1S/C25H22N2O5/c1-4-27-20-11-22-18(8-13(20)3)23(17-7-12(2)19(26)10-21(17)32-22)15-6-5-14(24(28)29)9-16(15)25(30)31/h5-11H,4,26H2,1-3H3,(H,28,29)(H,30,31). The fourth-order valence-electron chi connectivity index (χ4n) is 3.91. The van der Waals surface area contributed by atoms with Gasteiger partial charge in [0, 0.05) is 40.9 Å². The molecule has 4 rings (SSSR count). The number of carboxylic acid groups (broad SMARTS) is 2. The molecule has 2 aromatic carbocycles. The Kier molecular flexibility index (Phi) is 5.18. The fraction of sp³-hybridized carbons (Fsp3) is 0.160. The summed E-state index contributed by atoms with van der Waals surface area (Å²) in [6, 6.07) is 11.5. The van der Waals surface area contributed by atoms with Crippen LogP contribution in [0.3, 0.4) is 0 Å². The van der Waals surface area contributed by atoms with E-state index in [1.54, 1.807) is 6.07 Å². The molecule has 162 valence electrons. The van der Waals surface area contributed by atoms with Gasteiger partial charge in [-0.2, -0.15) is 0 Å². The van der Waals surface area contributed by atoms with Crippen molar-refractivity contribution in [3.63, 3.8) is 0 Å². The lowest BCUT2D eigenvalue weighted by Crippen LogP contribution is -2.10. The van der Waals surface area contributed by atoms with Crippen LogP contribution < -0.4 is 11.1 Å². The number of hydrogen-bond donors (Lipinski definition) is 3. The van der Waals surface area contributed by atoms with Gasteiger partial charge in [-0.25, -0.2) is 9.59 Å². The normalized spacial score (nSPS) is 11.9. The second kappa shape index (κ2) is 7.85. The Labute approximate surface area is 183 Å². The van der Waals surface area contributed by atoms with Gasteiger partial charge in [0.15, 0.2) is 0 Å². The van der Waals surface area contributed by atoms with Crippen molar-refractivity contribution in [3.8, 4) is 22.5 Å². The Bertz CT molecular complexity index is 1450. The van der Waals surface area contributed by atoms with E-state index in [0.717, 1.165) is 16.5 Å². The highest BCUT2D eigenvalue weighted by molar-refractivity contribution is 6.09. The van der Waals surface area contributed by atoms with Crippen molar-refractivity contribution >= 4 is 28.6 Å². The van der Waals surface area contributed by atoms with E-state index in [0.29, 0.717) is 45.7 Å². The molecule has 1 aliphatic heterocycles. The third-order valence-corrected chi connectivity index (χ3v) is 5.52. The van der Waals surface area contributed by atoms with Crippen LogP contribution in [0.15, 0.2) is 51.9 Å². The number of benzene rings is 3. The number of nitrogens with two attached hydrogens (primary N) is 1. The predicted molar refractivity (Wildman–Crippen MR) is 122 cm³/mol. The molecule has 7 heteroatoms. The maximum Gasteiger partial charge on any atom is 0.336 e. The minimum absolute atomic E-state index is 0.0963. The molecule has 0 fully saturated rings. The van der Waals surface area contributed by atoms with Crippen LogP contribution in [0.1, 0.15) is 38.8 Å². The minimum atomic E-state index is -1.22. The minimum Gasteiger partial charge on any atom is -0.478 e. The van der Waals surface area contributed by atoms with E-state index in [-0.39, 0.29) is 11.1 Å². The summed E-state index contributed by atoms with van der Waals surface area (Å²) in [5, 5.41) is 20.7. The Balaban J connectivity index is 2.22. The summed E-state index contributed by atoms with van der Waals surface area (Å²) in [7, 11) is 0. The Morgan fingerprint density at radius 3 is 2.38 bits per heavy atom. The van der Waals surface area contributed by atoms with E-state index in [4.69, 9.17) is 10.2 Å². The van der Waals surface area contributed by atoms with Gasteiger partial charge >= 0.3 is 11.9 Å². The quantitative estimate of drug-likeness (QED) is 0.318. The lowest BCUT2D eigenvalue weighted by atomic mass is 9.88. The van der Waals surface area contributed by atoms with Crippen LogP contribution in [0.5, 0.6) is 0 Å². The molecule has 2 aromatic rings. The SMILES string of the molecule is CCN=c1cc2oc3cc(N)c(C)cc3c(-c3ccc(C(=O)O)cc3C(=O)O)c-2cc1C. The van der Waals surface area contributed by atoms with Crippen LogP contribution in [-0.4, -0.2) is 28.7 Å². The molecule has 0 saturated heterocycles. The number of hydrogen-bond acceptors (Lipinski definition) is 5. The number of rotatable bonds is 4. The van der Waals surface area contributed by atoms with Gasteiger partial charge < -0.3 is 20.4 Å². The Morgan fingerprint density at radius 2 is 1.72 bits per heavy atom. The zero-order valence-electron chi connectivity index (χ0n) is 17.9. The highest BCUT2D eigenvalue weighted by Crippen LogP contribution is 2.42. The smallest absolute Gasteiger partial charge is 0.336 e. The lowest BCUT2D eigenvalue weighted by Gasteiger charge is -2.19. The zero-order chi connectivity index (χ0) is 23.2. The van der Waals surface area contributed by atoms with Crippen molar-refractivity contribution in [3.05, 3.63) is 70.1 Å². The van der Waals surface area contributed by atoms with Gasteiger partial charge in [-0.3, -0.25) is 4.99 Å². The van der Waals surface area contributed by atoms with Gasteiger partial charge in [-0.1, -0.05) is 6.07 Å². The number of fused-ring (bicyclic) bond motifs is 2. The van der Waals surface area contributed by atoms with E-state index in [2.05, 4.69) is 4.99 Å². The molecule has 0 aromatic heterocycles. The van der Waals surface area contributed by atoms with Crippen LogP contribution in [-0.2, 0) is 0 Å². The van der Waals surface area contributed by atoms with Crippen molar-refractivity contribution in [2.24, 2.45) is 4.99 Å². The number of carbonyl (C=O) groups is 2. The van der Waals surface area contributed by atoms with Gasteiger partial charge in [0.2, 0.25) is 0 Å². The van der Waals surface area contributed by atoms with Crippen LogP contribution in [0, 0.1) is 13.8 Å². The van der Waals surface area contributed by atoms with E-state index in [9.17, 15) is 19.8 Å². The first kappa shape index (κ1) is 21.1. The third-order valence-electron chi connectivity index (χ3n) is 5.52. The summed E-state index contributed by atoms with van der Waals surface area (Å²) in [5.41, 5.74) is 10.5. The number of carboxylic acids is 2. The molecular formula is C25H22N2O5. The molecule has 0 unspecified atom stereocenters. The number of anilines is 1. The van der Waals surface area contributed by atoms with Crippen LogP contribution in [0.25, 0.3) is 33.4 Å². The molecule has 0 radical (unpaired) electrons. The molecule has 4 N–H and O–H groups in total. The average Bonchev–Trinajstić information content (AvgIpc) is 2.74. The van der Waals surface area contributed by atoms with Crippen molar-refractivity contribution in [2.45, 2.75) is 20.8 Å². The molecule has 7 nitrogen and oxygen atoms in total. The summed E-state index contributed by atoms with van der Waals surface area (Å²) < 4.78 is 6.17. The van der Waals surface area contributed by atoms with Gasteiger partial charge in [0.25, 0.3) is 0 Å². The van der Waals surface area contributed by atoms with Gasteiger partial charge in [-0.05, 0) is 61.7 Å². The van der Waals surface area contributed by atoms with Crippen LogP contribution in [0.4, 0.5) is 5.69 Å². The van der Waals surface area contributed by atoms with Gasteiger partial charge in [-0.15, -0.1) is 0 Å². The first-order chi connectivity index (χ1) is 15.2. The Morgan fingerprint density at radius 1 is 0.969 bits per heavy atom. The molecule has 0 saturated carbocycles. The summed E-state index contributed by atoms with van der Waals surface area (Å²) >= 11 is 0. The summed E-state index contributed by atoms with van der Waals surface area (Å²) in [4.78, 5) is 28.1. The van der Waals surface area contributed by atoms with Crippen LogP contribution in [0.2, 0.25) is 0 Å². The van der Waals surface area contributed by atoms with E-state index in [1.807, 2.05) is 39.0 Å². The highest BCUT2D eigenvalue weighted by Gasteiger charge is 2.23. The maximum atomic E-state index is 12.1. The second-order valence-corrected chi connectivity index (χ2v) is 7.66. The molecule has 32 heavy (non-hydrogen) atoms. The van der Waals surface area contributed by atoms with E-state index >= 15 is 0 Å². The van der Waals surface area contributed by atoms with Crippen molar-refractivity contribution in [1.29, 1.82) is 0 Å². The molecule has 0 amide bonds. The van der Waals surface area contributed by atoms with Gasteiger partial charge in [0.05, 0.1) is 16.5 Å². The molecule has 1 heterocycles. The average molecular weight is 430 g/mol. The molecular weight excluding hydrogens is 408 g/mol. The van der Waals surface area contributed by atoms with E-state index < -0.39 is 11.9 Å². The van der Waals surface area contributed by atoms with Crippen LogP contribution >= 0.6 is 0 Å². The zero-order valence-corrected chi connectivity index (χ0v) is 17.9. The van der Waals surface area contributed by atoms with Crippen molar-refractivity contribution < 1.29 is 24.2 Å². The molecule has 2 aliphatic rings. The summed E-state index contributed by atoms with van der Waals surface area (Å²) in [6.45, 7) is 6.35.